The van der Waals surface area contributed by atoms with Crippen LogP contribution in [0.15, 0.2) is 35.3 Å². The molecule has 1 aromatic rings. The fraction of sp³-hybridized carbons (Fsp3) is 0.667. The van der Waals surface area contributed by atoms with E-state index in [9.17, 15) is 4.79 Å². The Labute approximate surface area is 204 Å². The second-order valence-electron chi connectivity index (χ2n) is 9.29. The third-order valence-corrected chi connectivity index (χ3v) is 6.94. The molecule has 3 aliphatic rings. The molecule has 1 aliphatic carbocycles. The number of hydrogen-bond acceptors (Lipinski definition) is 3. The summed E-state index contributed by atoms with van der Waals surface area (Å²) in [5.41, 5.74) is 1.40. The molecule has 1 amide bonds. The minimum absolute atomic E-state index is 0. The lowest BCUT2D eigenvalue weighted by Gasteiger charge is -2.32. The molecule has 0 aromatic heterocycles. The highest BCUT2D eigenvalue weighted by Gasteiger charge is 2.39. The average Bonchev–Trinajstić information content (AvgIpc) is 3.54. The van der Waals surface area contributed by atoms with Crippen LogP contribution in [0.2, 0.25) is 0 Å². The van der Waals surface area contributed by atoms with Crippen LogP contribution in [-0.4, -0.2) is 73.0 Å². The van der Waals surface area contributed by atoms with Gasteiger partial charge < -0.3 is 15.5 Å². The van der Waals surface area contributed by atoms with E-state index >= 15 is 0 Å². The Kier molecular flexibility index (Phi) is 9.01. The first kappa shape index (κ1) is 24.3. The van der Waals surface area contributed by atoms with Crippen LogP contribution in [-0.2, 0) is 11.2 Å². The number of likely N-dealkylation sites (tertiary alicyclic amines) is 2. The predicted molar refractivity (Wildman–Crippen MR) is 137 cm³/mol. The molecule has 7 heteroatoms. The average molecular weight is 540 g/mol. The lowest BCUT2D eigenvalue weighted by Crippen LogP contribution is -2.49. The second kappa shape index (κ2) is 11.5. The number of hydrogen-bond donors (Lipinski definition) is 2. The van der Waals surface area contributed by atoms with Gasteiger partial charge in [-0.2, -0.15) is 0 Å². The monoisotopic (exact) mass is 539 g/mol. The van der Waals surface area contributed by atoms with E-state index in [-0.39, 0.29) is 29.9 Å². The first-order chi connectivity index (χ1) is 14.6. The van der Waals surface area contributed by atoms with Crippen molar-refractivity contribution in [2.45, 2.75) is 63.6 Å². The van der Waals surface area contributed by atoms with Gasteiger partial charge >= 0.3 is 0 Å². The van der Waals surface area contributed by atoms with E-state index in [0.29, 0.717) is 24.5 Å². The van der Waals surface area contributed by atoms with Gasteiger partial charge in [-0.15, -0.1) is 24.0 Å². The largest absolute Gasteiger partial charge is 0.352 e. The highest BCUT2D eigenvalue weighted by atomic mass is 127. The minimum Gasteiger partial charge on any atom is -0.352 e. The lowest BCUT2D eigenvalue weighted by molar-refractivity contribution is -0.131. The Balaban J connectivity index is 0.00000272. The summed E-state index contributed by atoms with van der Waals surface area (Å²) in [5.74, 6) is 1.60. The standard InChI is InChI=1S/C24H37N5O.HI/c1-18-14-21(17-29(18)22-8-9-22)27-24(25-2)26-16-23(30)28-12-10-20(11-13-28)15-19-6-4-3-5-7-19;/h3-7,18,20-22H,8-17H2,1-2H3,(H2,25,26,27);1H. The van der Waals surface area contributed by atoms with Gasteiger partial charge in [-0.25, -0.2) is 0 Å². The Bertz CT molecular complexity index is 731. The zero-order chi connectivity index (χ0) is 20.9. The SMILES string of the molecule is CN=C(NCC(=O)N1CCC(Cc2ccccc2)CC1)NC1CC(C)N(C2CC2)C1.I. The van der Waals surface area contributed by atoms with Crippen molar-refractivity contribution in [1.82, 2.24) is 20.4 Å². The van der Waals surface area contributed by atoms with Gasteiger partial charge in [-0.05, 0) is 56.9 Å². The Morgan fingerprint density at radius 1 is 1.13 bits per heavy atom. The molecule has 0 radical (unpaired) electrons. The Morgan fingerprint density at radius 3 is 2.48 bits per heavy atom. The highest BCUT2D eigenvalue weighted by Crippen LogP contribution is 2.33. The highest BCUT2D eigenvalue weighted by molar-refractivity contribution is 14.0. The molecule has 2 unspecified atom stereocenters. The summed E-state index contributed by atoms with van der Waals surface area (Å²) in [6.07, 6.45) is 7.13. The molecular formula is C24H38IN5O. The van der Waals surface area contributed by atoms with Gasteiger partial charge in [0.05, 0.1) is 6.54 Å². The maximum atomic E-state index is 12.7. The van der Waals surface area contributed by atoms with Crippen molar-refractivity contribution >= 4 is 35.8 Å². The van der Waals surface area contributed by atoms with Crippen molar-refractivity contribution < 1.29 is 4.79 Å². The van der Waals surface area contributed by atoms with E-state index in [1.807, 2.05) is 4.90 Å². The van der Waals surface area contributed by atoms with Crippen molar-refractivity contribution in [1.29, 1.82) is 0 Å². The third kappa shape index (κ3) is 6.81. The van der Waals surface area contributed by atoms with Crippen LogP contribution in [0.25, 0.3) is 0 Å². The van der Waals surface area contributed by atoms with Gasteiger partial charge in [0.15, 0.2) is 5.96 Å². The van der Waals surface area contributed by atoms with Crippen LogP contribution in [0, 0.1) is 5.92 Å². The maximum absolute atomic E-state index is 12.7. The van der Waals surface area contributed by atoms with E-state index < -0.39 is 0 Å². The smallest absolute Gasteiger partial charge is 0.241 e. The quantitative estimate of drug-likeness (QED) is 0.332. The molecule has 0 bridgehead atoms. The van der Waals surface area contributed by atoms with Gasteiger partial charge in [0.2, 0.25) is 5.91 Å². The van der Waals surface area contributed by atoms with Gasteiger partial charge in [-0.1, -0.05) is 30.3 Å². The molecule has 2 aliphatic heterocycles. The molecule has 2 atom stereocenters. The van der Waals surface area contributed by atoms with Gasteiger partial charge in [0, 0.05) is 44.8 Å². The number of carbonyl (C=O) groups excluding carboxylic acids is 1. The van der Waals surface area contributed by atoms with Gasteiger partial charge in [0.1, 0.15) is 0 Å². The van der Waals surface area contributed by atoms with Gasteiger partial charge in [-0.3, -0.25) is 14.7 Å². The van der Waals surface area contributed by atoms with Crippen LogP contribution in [0.4, 0.5) is 0 Å². The normalized spacial score (nSPS) is 25.2. The second-order valence-corrected chi connectivity index (χ2v) is 9.29. The fourth-order valence-corrected chi connectivity index (χ4v) is 5.07. The van der Waals surface area contributed by atoms with Crippen LogP contribution in [0.5, 0.6) is 0 Å². The third-order valence-electron chi connectivity index (χ3n) is 6.94. The number of carbonyl (C=O) groups is 1. The lowest BCUT2D eigenvalue weighted by atomic mass is 9.90. The number of aliphatic imine (C=N–C) groups is 1. The first-order valence-corrected chi connectivity index (χ1v) is 11.7. The Morgan fingerprint density at radius 2 is 1.84 bits per heavy atom. The summed E-state index contributed by atoms with van der Waals surface area (Å²) in [7, 11) is 1.78. The van der Waals surface area contributed by atoms with Crippen molar-refractivity contribution in [2.24, 2.45) is 10.9 Å². The van der Waals surface area contributed by atoms with E-state index in [1.165, 1.54) is 18.4 Å². The number of benzene rings is 1. The summed E-state index contributed by atoms with van der Waals surface area (Å²) in [6.45, 7) is 5.44. The molecule has 31 heavy (non-hydrogen) atoms. The molecule has 0 spiro atoms. The number of rotatable bonds is 6. The molecule has 1 saturated carbocycles. The number of piperidine rings is 1. The van der Waals surface area contributed by atoms with Crippen LogP contribution in [0.1, 0.15) is 44.6 Å². The summed E-state index contributed by atoms with van der Waals surface area (Å²) < 4.78 is 0. The fourth-order valence-electron chi connectivity index (χ4n) is 5.07. The van der Waals surface area contributed by atoms with E-state index in [1.54, 1.807) is 7.05 Å². The zero-order valence-electron chi connectivity index (χ0n) is 18.9. The molecule has 3 fully saturated rings. The summed E-state index contributed by atoms with van der Waals surface area (Å²) in [6, 6.07) is 12.5. The molecule has 6 nitrogen and oxygen atoms in total. The van der Waals surface area contributed by atoms with Crippen molar-refractivity contribution in [3.63, 3.8) is 0 Å². The van der Waals surface area contributed by atoms with Gasteiger partial charge in [0.25, 0.3) is 0 Å². The van der Waals surface area contributed by atoms with Crippen molar-refractivity contribution in [3.05, 3.63) is 35.9 Å². The van der Waals surface area contributed by atoms with E-state index in [2.05, 4.69) is 57.8 Å². The molecule has 2 heterocycles. The minimum atomic E-state index is 0. The summed E-state index contributed by atoms with van der Waals surface area (Å²) in [5, 5.41) is 6.78. The molecule has 4 rings (SSSR count). The van der Waals surface area contributed by atoms with E-state index in [4.69, 9.17) is 0 Å². The summed E-state index contributed by atoms with van der Waals surface area (Å²) >= 11 is 0. The van der Waals surface area contributed by atoms with Crippen molar-refractivity contribution in [3.8, 4) is 0 Å². The maximum Gasteiger partial charge on any atom is 0.241 e. The van der Waals surface area contributed by atoms with Crippen LogP contribution in [0.3, 0.4) is 0 Å². The number of nitrogens with one attached hydrogen (secondary N) is 2. The first-order valence-electron chi connectivity index (χ1n) is 11.7. The zero-order valence-corrected chi connectivity index (χ0v) is 21.3. The molecule has 1 aromatic carbocycles. The molecule has 2 N–H and O–H groups in total. The summed E-state index contributed by atoms with van der Waals surface area (Å²) in [4.78, 5) is 21.7. The molecule has 2 saturated heterocycles. The van der Waals surface area contributed by atoms with Crippen LogP contribution < -0.4 is 10.6 Å². The number of nitrogens with zero attached hydrogens (tertiary/aromatic N) is 3. The van der Waals surface area contributed by atoms with E-state index in [0.717, 1.165) is 57.3 Å². The van der Waals surface area contributed by atoms with Crippen molar-refractivity contribution in [2.75, 3.05) is 33.2 Å². The number of halogens is 1. The predicted octanol–water partition coefficient (Wildman–Crippen LogP) is 2.88. The number of guanidine groups is 1. The topological polar surface area (TPSA) is 60.0 Å². The van der Waals surface area contributed by atoms with Crippen LogP contribution >= 0.6 is 24.0 Å². The molecule has 172 valence electrons. The number of amides is 1. The Hall–Kier alpha value is -1.35. The molecular weight excluding hydrogens is 501 g/mol.